The van der Waals surface area contributed by atoms with Gasteiger partial charge in [-0.3, -0.25) is 5.10 Å². The number of benzene rings is 1. The fraction of sp³-hybridized carbons (Fsp3) is 0.308. The molecule has 0 aliphatic heterocycles. The third kappa shape index (κ3) is 3.42. The first-order valence-corrected chi connectivity index (χ1v) is 7.95. The first kappa shape index (κ1) is 13.8. The molecule has 1 aromatic heterocycles. The number of hydrogen-bond donors (Lipinski definition) is 2. The van der Waals surface area contributed by atoms with E-state index in [2.05, 4.69) is 15.5 Å². The lowest BCUT2D eigenvalue weighted by Gasteiger charge is -1.99. The quantitative estimate of drug-likeness (QED) is 0.871. The van der Waals surface area contributed by atoms with E-state index in [0.29, 0.717) is 4.90 Å². The highest BCUT2D eigenvalue weighted by atomic mass is 32.2. The van der Waals surface area contributed by atoms with Gasteiger partial charge in [-0.05, 0) is 24.7 Å². The average Bonchev–Trinajstić information content (AvgIpc) is 2.84. The number of sulfone groups is 1. The number of nitrogens with one attached hydrogen (secondary N) is 2. The molecule has 0 saturated heterocycles. The normalized spacial score (nSPS) is 11.7. The monoisotopic (exact) mass is 279 g/mol. The molecule has 5 nitrogen and oxygen atoms in total. The Morgan fingerprint density at radius 2 is 1.95 bits per heavy atom. The van der Waals surface area contributed by atoms with E-state index >= 15 is 0 Å². The number of nitrogens with zero attached hydrogens (tertiary/aromatic N) is 1. The molecule has 0 aliphatic rings. The summed E-state index contributed by atoms with van der Waals surface area (Å²) in [6.45, 7) is 3.68. The van der Waals surface area contributed by atoms with Crippen molar-refractivity contribution >= 4 is 9.84 Å². The fourth-order valence-electron chi connectivity index (χ4n) is 1.73. The van der Waals surface area contributed by atoms with Gasteiger partial charge in [0.15, 0.2) is 9.84 Å². The first-order chi connectivity index (χ1) is 9.00. The minimum absolute atomic E-state index is 0.319. The van der Waals surface area contributed by atoms with Gasteiger partial charge >= 0.3 is 0 Å². The van der Waals surface area contributed by atoms with E-state index < -0.39 is 9.84 Å². The molecule has 0 amide bonds. The van der Waals surface area contributed by atoms with E-state index in [4.69, 9.17) is 0 Å². The van der Waals surface area contributed by atoms with Gasteiger partial charge < -0.3 is 5.32 Å². The van der Waals surface area contributed by atoms with E-state index in [1.807, 2.05) is 13.0 Å². The van der Waals surface area contributed by atoms with Gasteiger partial charge in [0, 0.05) is 24.1 Å². The minimum atomic E-state index is -3.15. The highest BCUT2D eigenvalue weighted by Gasteiger charge is 2.08. The topological polar surface area (TPSA) is 74.8 Å². The number of aromatic nitrogens is 2. The number of hydrogen-bond acceptors (Lipinski definition) is 4. The molecule has 0 atom stereocenters. The van der Waals surface area contributed by atoms with Gasteiger partial charge in [0.05, 0.1) is 10.6 Å². The van der Waals surface area contributed by atoms with E-state index in [1.54, 1.807) is 24.3 Å². The van der Waals surface area contributed by atoms with Crippen molar-refractivity contribution in [1.29, 1.82) is 0 Å². The summed E-state index contributed by atoms with van der Waals surface area (Å²) in [5, 5.41) is 10.4. The van der Waals surface area contributed by atoms with Crippen molar-refractivity contribution in [3.63, 3.8) is 0 Å². The number of aromatic amines is 1. The Morgan fingerprint density at radius 1 is 1.26 bits per heavy atom. The summed E-state index contributed by atoms with van der Waals surface area (Å²) in [6, 6.07) is 8.69. The Balaban J connectivity index is 2.20. The molecule has 0 aliphatic carbocycles. The highest BCUT2D eigenvalue weighted by molar-refractivity contribution is 7.90. The highest BCUT2D eigenvalue weighted by Crippen LogP contribution is 2.20. The Hall–Kier alpha value is -1.66. The fourth-order valence-corrected chi connectivity index (χ4v) is 2.36. The molecule has 102 valence electrons. The van der Waals surface area contributed by atoms with Crippen molar-refractivity contribution in [2.75, 3.05) is 12.8 Å². The SMILES string of the molecule is CCNCc1cc(-c2ccc(S(C)(=O)=O)cc2)n[nH]1. The summed E-state index contributed by atoms with van der Waals surface area (Å²) in [7, 11) is -3.15. The number of H-pyrrole nitrogens is 1. The van der Waals surface area contributed by atoms with Gasteiger partial charge in [0.1, 0.15) is 0 Å². The number of rotatable bonds is 5. The van der Waals surface area contributed by atoms with Crippen LogP contribution in [-0.4, -0.2) is 31.4 Å². The Kier molecular flexibility index (Phi) is 4.01. The van der Waals surface area contributed by atoms with E-state index in [0.717, 1.165) is 30.0 Å². The summed E-state index contributed by atoms with van der Waals surface area (Å²) in [5.41, 5.74) is 2.71. The molecule has 0 saturated carbocycles. The van der Waals surface area contributed by atoms with Crippen LogP contribution >= 0.6 is 0 Å². The zero-order valence-corrected chi connectivity index (χ0v) is 11.8. The second-order valence-electron chi connectivity index (χ2n) is 4.36. The summed E-state index contributed by atoms with van der Waals surface area (Å²) in [6.07, 6.45) is 1.20. The predicted molar refractivity (Wildman–Crippen MR) is 74.5 cm³/mol. The van der Waals surface area contributed by atoms with E-state index in [1.165, 1.54) is 6.26 Å². The summed E-state index contributed by atoms with van der Waals surface area (Å²) in [4.78, 5) is 0.319. The zero-order valence-electron chi connectivity index (χ0n) is 11.0. The van der Waals surface area contributed by atoms with Crippen molar-refractivity contribution in [3.05, 3.63) is 36.0 Å². The molecule has 19 heavy (non-hydrogen) atoms. The van der Waals surface area contributed by atoms with Crippen LogP contribution in [0.2, 0.25) is 0 Å². The lowest BCUT2D eigenvalue weighted by molar-refractivity contribution is 0.602. The predicted octanol–water partition coefficient (Wildman–Crippen LogP) is 1.59. The average molecular weight is 279 g/mol. The summed E-state index contributed by atoms with van der Waals surface area (Å²) >= 11 is 0. The Labute approximate surface area is 113 Å². The van der Waals surface area contributed by atoms with Crippen LogP contribution in [-0.2, 0) is 16.4 Å². The molecular formula is C13H17N3O2S. The maximum absolute atomic E-state index is 11.4. The standard InChI is InChI=1S/C13H17N3O2S/c1-3-14-9-11-8-13(16-15-11)10-4-6-12(7-5-10)19(2,17)18/h4-8,14H,3,9H2,1-2H3,(H,15,16). The van der Waals surface area contributed by atoms with Crippen molar-refractivity contribution in [2.24, 2.45) is 0 Å². The van der Waals surface area contributed by atoms with Crippen LogP contribution in [0.15, 0.2) is 35.2 Å². The van der Waals surface area contributed by atoms with E-state index in [-0.39, 0.29) is 0 Å². The van der Waals surface area contributed by atoms with Crippen molar-refractivity contribution in [1.82, 2.24) is 15.5 Å². The smallest absolute Gasteiger partial charge is 0.175 e. The molecular weight excluding hydrogens is 262 g/mol. The molecule has 0 radical (unpaired) electrons. The molecule has 1 heterocycles. The van der Waals surface area contributed by atoms with Gasteiger partial charge in [0.2, 0.25) is 0 Å². The molecule has 0 unspecified atom stereocenters. The Morgan fingerprint density at radius 3 is 2.53 bits per heavy atom. The third-order valence-corrected chi connectivity index (χ3v) is 3.90. The molecule has 1 aromatic carbocycles. The minimum Gasteiger partial charge on any atom is -0.311 e. The van der Waals surface area contributed by atoms with Crippen LogP contribution in [0.25, 0.3) is 11.3 Å². The Bertz CT molecular complexity index is 645. The first-order valence-electron chi connectivity index (χ1n) is 6.06. The third-order valence-electron chi connectivity index (χ3n) is 2.77. The lowest BCUT2D eigenvalue weighted by Crippen LogP contribution is -2.11. The maximum Gasteiger partial charge on any atom is 0.175 e. The maximum atomic E-state index is 11.4. The van der Waals surface area contributed by atoms with Crippen LogP contribution in [0.3, 0.4) is 0 Å². The van der Waals surface area contributed by atoms with Crippen molar-refractivity contribution in [2.45, 2.75) is 18.4 Å². The largest absolute Gasteiger partial charge is 0.311 e. The molecule has 2 N–H and O–H groups in total. The molecule has 0 spiro atoms. The second kappa shape index (κ2) is 5.54. The molecule has 0 bridgehead atoms. The van der Waals surface area contributed by atoms with Crippen LogP contribution in [0.5, 0.6) is 0 Å². The van der Waals surface area contributed by atoms with Gasteiger partial charge in [0.25, 0.3) is 0 Å². The van der Waals surface area contributed by atoms with Gasteiger partial charge in [-0.2, -0.15) is 5.10 Å². The molecule has 6 heteroatoms. The van der Waals surface area contributed by atoms with Crippen LogP contribution in [0.4, 0.5) is 0 Å². The summed E-state index contributed by atoms with van der Waals surface area (Å²) in [5.74, 6) is 0. The van der Waals surface area contributed by atoms with Gasteiger partial charge in [-0.1, -0.05) is 19.1 Å². The molecule has 2 aromatic rings. The second-order valence-corrected chi connectivity index (χ2v) is 6.37. The van der Waals surface area contributed by atoms with Crippen molar-refractivity contribution in [3.8, 4) is 11.3 Å². The zero-order chi connectivity index (χ0) is 13.9. The lowest BCUT2D eigenvalue weighted by atomic mass is 10.1. The van der Waals surface area contributed by atoms with Gasteiger partial charge in [-0.15, -0.1) is 0 Å². The van der Waals surface area contributed by atoms with Crippen LogP contribution < -0.4 is 5.32 Å². The summed E-state index contributed by atoms with van der Waals surface area (Å²) < 4.78 is 22.7. The van der Waals surface area contributed by atoms with Gasteiger partial charge in [-0.25, -0.2) is 8.42 Å². The van der Waals surface area contributed by atoms with Crippen LogP contribution in [0, 0.1) is 0 Å². The van der Waals surface area contributed by atoms with Crippen molar-refractivity contribution < 1.29 is 8.42 Å². The molecule has 2 rings (SSSR count). The van der Waals surface area contributed by atoms with Crippen LogP contribution in [0.1, 0.15) is 12.6 Å². The molecule has 0 fully saturated rings. The van der Waals surface area contributed by atoms with E-state index in [9.17, 15) is 8.42 Å².